The molecule has 2 N–H and O–H groups in total. The van der Waals surface area contributed by atoms with E-state index in [0.717, 1.165) is 0 Å². The van der Waals surface area contributed by atoms with Gasteiger partial charge in [-0.1, -0.05) is 13.8 Å². The summed E-state index contributed by atoms with van der Waals surface area (Å²) < 4.78 is 31.0. The third kappa shape index (κ3) is 3.54. The van der Waals surface area contributed by atoms with Crippen molar-refractivity contribution in [2.24, 2.45) is 5.92 Å². The van der Waals surface area contributed by atoms with Gasteiger partial charge in [-0.15, -0.1) is 0 Å². The van der Waals surface area contributed by atoms with Crippen molar-refractivity contribution in [3.63, 3.8) is 0 Å². The lowest BCUT2D eigenvalue weighted by Crippen LogP contribution is -2.38. The molecule has 1 rings (SSSR count). The van der Waals surface area contributed by atoms with Crippen molar-refractivity contribution >= 4 is 21.7 Å². The molecule has 1 atom stereocenters. The molecule has 0 amide bonds. The Hall–Kier alpha value is -1.60. The summed E-state index contributed by atoms with van der Waals surface area (Å²) in [5.74, 6) is -0.394. The maximum absolute atomic E-state index is 12.6. The highest BCUT2D eigenvalue weighted by Crippen LogP contribution is 2.25. The first-order chi connectivity index (χ1) is 9.62. The van der Waals surface area contributed by atoms with Crippen LogP contribution in [0.4, 0.5) is 5.69 Å². The standard InChI is InChI=1S/C14H22N2O4S/c1-9(2)10(3)16(4)21(18,19)13-7-6-11(8-12(13)15)14(17)20-5/h6-10H,15H2,1-5H3. The van der Waals surface area contributed by atoms with Crippen LogP contribution in [0.3, 0.4) is 0 Å². The van der Waals surface area contributed by atoms with Gasteiger partial charge in [-0.3, -0.25) is 0 Å². The Labute approximate surface area is 125 Å². The van der Waals surface area contributed by atoms with Gasteiger partial charge < -0.3 is 10.5 Å². The molecule has 21 heavy (non-hydrogen) atoms. The fourth-order valence-electron chi connectivity index (χ4n) is 1.82. The Morgan fingerprint density at radius 1 is 1.29 bits per heavy atom. The fourth-order valence-corrected chi connectivity index (χ4v) is 3.41. The molecular weight excluding hydrogens is 292 g/mol. The Morgan fingerprint density at radius 3 is 2.29 bits per heavy atom. The largest absolute Gasteiger partial charge is 0.465 e. The molecule has 7 heteroatoms. The minimum absolute atomic E-state index is 0.00912. The summed E-state index contributed by atoms with van der Waals surface area (Å²) in [4.78, 5) is 11.4. The van der Waals surface area contributed by atoms with Gasteiger partial charge in [0.1, 0.15) is 4.90 Å². The number of esters is 1. The van der Waals surface area contributed by atoms with Gasteiger partial charge >= 0.3 is 5.97 Å². The number of nitrogens with two attached hydrogens (primary N) is 1. The van der Waals surface area contributed by atoms with Crippen LogP contribution in [0, 0.1) is 5.92 Å². The number of ether oxygens (including phenoxy) is 1. The van der Waals surface area contributed by atoms with Crippen LogP contribution >= 0.6 is 0 Å². The number of anilines is 1. The van der Waals surface area contributed by atoms with E-state index < -0.39 is 16.0 Å². The van der Waals surface area contributed by atoms with Gasteiger partial charge in [0, 0.05) is 13.1 Å². The molecule has 1 aromatic carbocycles. The molecular formula is C14H22N2O4S. The average Bonchev–Trinajstić information content (AvgIpc) is 2.43. The van der Waals surface area contributed by atoms with E-state index in [1.54, 1.807) is 0 Å². The highest BCUT2D eigenvalue weighted by Gasteiger charge is 2.29. The Bertz CT molecular complexity index is 626. The topological polar surface area (TPSA) is 89.7 Å². The molecule has 1 unspecified atom stereocenters. The SMILES string of the molecule is COC(=O)c1ccc(S(=O)(=O)N(C)C(C)C(C)C)c(N)c1. The number of benzene rings is 1. The van der Waals surface area contributed by atoms with Gasteiger partial charge in [0.15, 0.2) is 0 Å². The zero-order valence-corrected chi connectivity index (χ0v) is 13.8. The van der Waals surface area contributed by atoms with E-state index in [-0.39, 0.29) is 28.1 Å². The van der Waals surface area contributed by atoms with Crippen LogP contribution < -0.4 is 5.73 Å². The number of hydrogen-bond donors (Lipinski definition) is 1. The van der Waals surface area contributed by atoms with Crippen molar-refractivity contribution < 1.29 is 17.9 Å². The van der Waals surface area contributed by atoms with E-state index in [1.807, 2.05) is 20.8 Å². The van der Waals surface area contributed by atoms with E-state index in [1.165, 1.54) is 36.7 Å². The van der Waals surface area contributed by atoms with E-state index >= 15 is 0 Å². The lowest BCUT2D eigenvalue weighted by atomic mass is 10.1. The molecule has 0 aromatic heterocycles. The van der Waals surface area contributed by atoms with Crippen LogP contribution in [0.25, 0.3) is 0 Å². The number of methoxy groups -OCH3 is 1. The van der Waals surface area contributed by atoms with Crippen LogP contribution in [0.15, 0.2) is 23.1 Å². The maximum Gasteiger partial charge on any atom is 0.337 e. The highest BCUT2D eigenvalue weighted by molar-refractivity contribution is 7.89. The quantitative estimate of drug-likeness (QED) is 0.660. The molecule has 0 aliphatic carbocycles. The van der Waals surface area contributed by atoms with Gasteiger partial charge in [-0.05, 0) is 31.0 Å². The zero-order chi connectivity index (χ0) is 16.4. The second-order valence-corrected chi connectivity index (χ2v) is 7.22. The normalized spacial score (nSPS) is 13.5. The Kier molecular flexibility index (Phi) is 5.36. The molecule has 0 fully saturated rings. The Morgan fingerprint density at radius 2 is 1.86 bits per heavy atom. The lowest BCUT2D eigenvalue weighted by Gasteiger charge is -2.27. The molecule has 0 heterocycles. The van der Waals surface area contributed by atoms with Crippen molar-refractivity contribution in [1.82, 2.24) is 4.31 Å². The molecule has 118 valence electrons. The summed E-state index contributed by atoms with van der Waals surface area (Å²) in [7, 11) is -0.934. The van der Waals surface area contributed by atoms with Crippen molar-refractivity contribution in [2.45, 2.75) is 31.7 Å². The monoisotopic (exact) mass is 314 g/mol. The first-order valence-electron chi connectivity index (χ1n) is 6.58. The minimum atomic E-state index is -3.71. The van der Waals surface area contributed by atoms with E-state index in [9.17, 15) is 13.2 Å². The lowest BCUT2D eigenvalue weighted by molar-refractivity contribution is 0.0600. The molecule has 0 radical (unpaired) electrons. The van der Waals surface area contributed by atoms with E-state index in [0.29, 0.717) is 0 Å². The van der Waals surface area contributed by atoms with Crippen LogP contribution in [0.5, 0.6) is 0 Å². The Balaban J connectivity index is 3.24. The number of sulfonamides is 1. The van der Waals surface area contributed by atoms with Crippen LogP contribution in [-0.2, 0) is 14.8 Å². The minimum Gasteiger partial charge on any atom is -0.465 e. The molecule has 0 bridgehead atoms. The molecule has 0 aliphatic rings. The predicted octanol–water partition coefficient (Wildman–Crippen LogP) is 1.72. The maximum atomic E-state index is 12.6. The smallest absolute Gasteiger partial charge is 0.337 e. The number of hydrogen-bond acceptors (Lipinski definition) is 5. The van der Waals surface area contributed by atoms with Gasteiger partial charge in [0.25, 0.3) is 0 Å². The summed E-state index contributed by atoms with van der Waals surface area (Å²) in [5.41, 5.74) is 6.05. The number of carbonyl (C=O) groups is 1. The van der Waals surface area contributed by atoms with Gasteiger partial charge in [-0.25, -0.2) is 13.2 Å². The van der Waals surface area contributed by atoms with Crippen molar-refractivity contribution in [1.29, 1.82) is 0 Å². The number of nitrogen functional groups attached to an aromatic ring is 1. The fraction of sp³-hybridized carbons (Fsp3) is 0.500. The molecule has 0 spiro atoms. The van der Waals surface area contributed by atoms with Crippen LogP contribution in [0.2, 0.25) is 0 Å². The van der Waals surface area contributed by atoms with E-state index in [2.05, 4.69) is 4.74 Å². The van der Waals surface area contributed by atoms with Crippen LogP contribution in [0.1, 0.15) is 31.1 Å². The summed E-state index contributed by atoms with van der Waals surface area (Å²) >= 11 is 0. The number of carbonyl (C=O) groups excluding carboxylic acids is 1. The summed E-state index contributed by atoms with van der Waals surface area (Å²) in [6.45, 7) is 5.72. The summed E-state index contributed by atoms with van der Waals surface area (Å²) in [5, 5.41) is 0. The molecule has 0 saturated heterocycles. The van der Waals surface area contributed by atoms with Crippen molar-refractivity contribution in [2.75, 3.05) is 19.9 Å². The molecule has 0 saturated carbocycles. The second-order valence-electron chi connectivity index (χ2n) is 5.25. The van der Waals surface area contributed by atoms with Gasteiger partial charge in [-0.2, -0.15) is 4.31 Å². The number of rotatable bonds is 5. The second kappa shape index (κ2) is 6.44. The van der Waals surface area contributed by atoms with Crippen molar-refractivity contribution in [3.8, 4) is 0 Å². The number of nitrogens with zero attached hydrogens (tertiary/aromatic N) is 1. The highest BCUT2D eigenvalue weighted by atomic mass is 32.2. The zero-order valence-electron chi connectivity index (χ0n) is 13.0. The molecule has 6 nitrogen and oxygen atoms in total. The summed E-state index contributed by atoms with van der Waals surface area (Å²) in [6, 6.07) is 3.87. The van der Waals surface area contributed by atoms with Crippen molar-refractivity contribution in [3.05, 3.63) is 23.8 Å². The third-order valence-electron chi connectivity index (χ3n) is 3.63. The molecule has 0 aliphatic heterocycles. The summed E-state index contributed by atoms with van der Waals surface area (Å²) in [6.07, 6.45) is 0. The first kappa shape index (κ1) is 17.5. The van der Waals surface area contributed by atoms with Crippen LogP contribution in [-0.4, -0.2) is 38.9 Å². The average molecular weight is 314 g/mol. The van der Waals surface area contributed by atoms with Gasteiger partial charge in [0.2, 0.25) is 10.0 Å². The van der Waals surface area contributed by atoms with Gasteiger partial charge in [0.05, 0.1) is 18.4 Å². The first-order valence-corrected chi connectivity index (χ1v) is 8.02. The predicted molar refractivity (Wildman–Crippen MR) is 81.4 cm³/mol. The van der Waals surface area contributed by atoms with E-state index in [4.69, 9.17) is 5.73 Å². The third-order valence-corrected chi connectivity index (χ3v) is 5.64. The molecule has 1 aromatic rings.